The maximum Gasteiger partial charge on any atom is 0.0876 e. The van der Waals surface area contributed by atoms with E-state index in [1.54, 1.807) is 0 Å². The second kappa shape index (κ2) is 6.86. The molecule has 0 saturated heterocycles. The molecule has 0 bridgehead atoms. The van der Waals surface area contributed by atoms with Gasteiger partial charge in [0.2, 0.25) is 0 Å². The number of anilines is 4. The van der Waals surface area contributed by atoms with Crippen molar-refractivity contribution in [1.82, 2.24) is 0 Å². The van der Waals surface area contributed by atoms with Gasteiger partial charge in [0.25, 0.3) is 0 Å². The molecule has 0 fully saturated rings. The van der Waals surface area contributed by atoms with Crippen LogP contribution in [0.2, 0.25) is 0 Å². The first-order valence-electron chi connectivity index (χ1n) is 9.55. The zero-order valence-corrected chi connectivity index (χ0v) is 15.8. The van der Waals surface area contributed by atoms with Gasteiger partial charge in [-0.3, -0.25) is 0 Å². The summed E-state index contributed by atoms with van der Waals surface area (Å²) in [5.74, 6) is 0. The van der Waals surface area contributed by atoms with Crippen LogP contribution in [-0.2, 0) is 0 Å². The number of nitrogens with zero attached hydrogens (tertiary/aromatic N) is 2. The molecule has 28 heavy (non-hydrogen) atoms. The van der Waals surface area contributed by atoms with Crippen molar-refractivity contribution in [2.45, 2.75) is 13.3 Å². The summed E-state index contributed by atoms with van der Waals surface area (Å²) in [7, 11) is 0. The molecule has 3 heteroatoms. The Kier molecular flexibility index (Phi) is 4.06. The fraction of sp³-hybridized carbons (Fsp3) is 0.0800. The lowest BCUT2D eigenvalue weighted by atomic mass is 9.97. The van der Waals surface area contributed by atoms with Crippen LogP contribution in [0.3, 0.4) is 0 Å². The van der Waals surface area contributed by atoms with Crippen LogP contribution in [0.5, 0.6) is 0 Å². The SMILES string of the molecule is CC1=CC=C2C(=Nc3ccc(Nc4ccccc4)cc3N2c2ccccc2)C1. The molecule has 2 aliphatic rings. The van der Waals surface area contributed by atoms with Crippen molar-refractivity contribution in [3.8, 4) is 0 Å². The largest absolute Gasteiger partial charge is 0.355 e. The van der Waals surface area contributed by atoms with Crippen molar-refractivity contribution in [2.24, 2.45) is 4.99 Å². The number of fused-ring (bicyclic) bond motifs is 2. The Hall–Kier alpha value is -3.59. The molecule has 1 aliphatic carbocycles. The van der Waals surface area contributed by atoms with Crippen molar-refractivity contribution in [3.63, 3.8) is 0 Å². The third-order valence-corrected chi connectivity index (χ3v) is 5.06. The van der Waals surface area contributed by atoms with Crippen molar-refractivity contribution in [1.29, 1.82) is 0 Å². The second-order valence-electron chi connectivity index (χ2n) is 7.17. The number of allylic oxidation sites excluding steroid dienone is 4. The van der Waals surface area contributed by atoms with Crippen molar-refractivity contribution >= 4 is 34.1 Å². The minimum atomic E-state index is 0.888. The Balaban J connectivity index is 1.63. The lowest BCUT2D eigenvalue weighted by molar-refractivity contribution is 1.12. The Morgan fingerprint density at radius 2 is 1.57 bits per heavy atom. The molecule has 0 spiro atoms. The van der Waals surface area contributed by atoms with Crippen LogP contribution in [0, 0.1) is 0 Å². The maximum absolute atomic E-state index is 4.98. The van der Waals surface area contributed by atoms with Gasteiger partial charge in [-0.05, 0) is 55.5 Å². The number of hydrogen-bond acceptors (Lipinski definition) is 3. The molecular formula is C25H21N3. The van der Waals surface area contributed by atoms with Gasteiger partial charge in [0.05, 0.1) is 22.8 Å². The monoisotopic (exact) mass is 363 g/mol. The van der Waals surface area contributed by atoms with E-state index in [4.69, 9.17) is 4.99 Å². The predicted molar refractivity (Wildman–Crippen MR) is 118 cm³/mol. The smallest absolute Gasteiger partial charge is 0.0876 e. The minimum absolute atomic E-state index is 0.888. The summed E-state index contributed by atoms with van der Waals surface area (Å²) in [5.41, 5.74) is 8.98. The van der Waals surface area contributed by atoms with E-state index in [0.29, 0.717) is 0 Å². The molecule has 0 amide bonds. The summed E-state index contributed by atoms with van der Waals surface area (Å²) >= 11 is 0. The van der Waals surface area contributed by atoms with Crippen LogP contribution < -0.4 is 10.2 Å². The first-order chi connectivity index (χ1) is 13.8. The highest BCUT2D eigenvalue weighted by molar-refractivity contribution is 6.12. The molecular weight excluding hydrogens is 342 g/mol. The van der Waals surface area contributed by atoms with E-state index >= 15 is 0 Å². The Bertz CT molecular complexity index is 1110. The first kappa shape index (κ1) is 16.6. The molecule has 1 N–H and O–H groups in total. The van der Waals surface area contributed by atoms with E-state index < -0.39 is 0 Å². The lowest BCUT2D eigenvalue weighted by Gasteiger charge is -2.34. The van der Waals surface area contributed by atoms with Crippen molar-refractivity contribution in [3.05, 3.63) is 102 Å². The Morgan fingerprint density at radius 3 is 2.36 bits per heavy atom. The van der Waals surface area contributed by atoms with Gasteiger partial charge in [0.15, 0.2) is 0 Å². The molecule has 1 aliphatic heterocycles. The van der Waals surface area contributed by atoms with Gasteiger partial charge in [-0.25, -0.2) is 4.99 Å². The van der Waals surface area contributed by atoms with Gasteiger partial charge < -0.3 is 10.2 Å². The minimum Gasteiger partial charge on any atom is -0.355 e. The van der Waals surface area contributed by atoms with Gasteiger partial charge in [-0.15, -0.1) is 0 Å². The van der Waals surface area contributed by atoms with E-state index in [0.717, 1.165) is 46.3 Å². The maximum atomic E-state index is 4.98. The quantitative estimate of drug-likeness (QED) is 0.549. The summed E-state index contributed by atoms with van der Waals surface area (Å²) in [5, 5.41) is 3.50. The number of hydrogen-bond donors (Lipinski definition) is 1. The zero-order chi connectivity index (χ0) is 18.9. The number of benzene rings is 3. The highest BCUT2D eigenvalue weighted by Crippen LogP contribution is 2.44. The molecule has 0 saturated carbocycles. The highest BCUT2D eigenvalue weighted by Gasteiger charge is 2.27. The number of rotatable bonds is 3. The summed E-state index contributed by atoms with van der Waals surface area (Å²) in [6, 6.07) is 27.1. The Labute approximate surface area is 165 Å². The number of nitrogens with one attached hydrogen (secondary N) is 1. The lowest BCUT2D eigenvalue weighted by Crippen LogP contribution is -2.27. The molecule has 5 rings (SSSR count). The molecule has 1 heterocycles. The first-order valence-corrected chi connectivity index (χ1v) is 9.55. The normalized spacial score (nSPS) is 15.0. The topological polar surface area (TPSA) is 27.6 Å². The van der Waals surface area contributed by atoms with Gasteiger partial charge in [-0.1, -0.05) is 48.0 Å². The van der Waals surface area contributed by atoms with Crippen LogP contribution in [-0.4, -0.2) is 5.71 Å². The number of aliphatic imine (C=N–C) groups is 1. The van der Waals surface area contributed by atoms with Gasteiger partial charge in [0.1, 0.15) is 0 Å². The van der Waals surface area contributed by atoms with Gasteiger partial charge >= 0.3 is 0 Å². The van der Waals surface area contributed by atoms with Crippen LogP contribution >= 0.6 is 0 Å². The summed E-state index contributed by atoms with van der Waals surface area (Å²) in [4.78, 5) is 7.30. The Morgan fingerprint density at radius 1 is 0.821 bits per heavy atom. The van der Waals surface area contributed by atoms with Crippen molar-refractivity contribution in [2.75, 3.05) is 10.2 Å². The summed E-state index contributed by atoms with van der Waals surface area (Å²) in [6.07, 6.45) is 5.27. The van der Waals surface area contributed by atoms with Gasteiger partial charge in [0, 0.05) is 23.5 Å². The molecule has 3 nitrogen and oxygen atoms in total. The van der Waals surface area contributed by atoms with Gasteiger partial charge in [-0.2, -0.15) is 0 Å². The predicted octanol–water partition coefficient (Wildman–Crippen LogP) is 6.89. The van der Waals surface area contributed by atoms with E-state index in [2.05, 4.69) is 90.0 Å². The van der Waals surface area contributed by atoms with Crippen LogP contribution in [0.4, 0.5) is 28.4 Å². The third kappa shape index (κ3) is 3.01. The van der Waals surface area contributed by atoms with Crippen LogP contribution in [0.15, 0.2) is 107 Å². The third-order valence-electron chi connectivity index (χ3n) is 5.06. The second-order valence-corrected chi connectivity index (χ2v) is 7.17. The molecule has 0 unspecified atom stereocenters. The van der Waals surface area contributed by atoms with E-state index in [9.17, 15) is 0 Å². The summed E-state index contributed by atoms with van der Waals surface area (Å²) < 4.78 is 0. The number of para-hydroxylation sites is 2. The molecule has 0 atom stereocenters. The molecule has 0 radical (unpaired) electrons. The van der Waals surface area contributed by atoms with E-state index in [1.807, 2.05) is 18.2 Å². The van der Waals surface area contributed by atoms with Crippen LogP contribution in [0.25, 0.3) is 0 Å². The fourth-order valence-corrected chi connectivity index (χ4v) is 3.72. The average molecular weight is 363 g/mol. The molecule has 3 aromatic carbocycles. The van der Waals surface area contributed by atoms with E-state index in [-0.39, 0.29) is 0 Å². The highest BCUT2D eigenvalue weighted by atomic mass is 15.2. The average Bonchev–Trinajstić information content (AvgIpc) is 2.73. The van der Waals surface area contributed by atoms with Crippen molar-refractivity contribution < 1.29 is 0 Å². The summed E-state index contributed by atoms with van der Waals surface area (Å²) in [6.45, 7) is 2.16. The fourth-order valence-electron chi connectivity index (χ4n) is 3.72. The zero-order valence-electron chi connectivity index (χ0n) is 15.8. The molecule has 0 aromatic heterocycles. The molecule has 136 valence electrons. The van der Waals surface area contributed by atoms with E-state index in [1.165, 1.54) is 5.57 Å². The molecule has 3 aromatic rings. The van der Waals surface area contributed by atoms with Crippen LogP contribution in [0.1, 0.15) is 13.3 Å². The standard InChI is InChI=1S/C25H21N3/c1-18-12-15-24-23(16-18)27-22-14-13-20(26-19-8-4-2-5-9-19)17-25(22)28(24)21-10-6-3-7-11-21/h2-15,17,26H,16H2,1H3.